The van der Waals surface area contributed by atoms with Crippen LogP contribution in [0.4, 0.5) is 28.9 Å². The van der Waals surface area contributed by atoms with Crippen molar-refractivity contribution >= 4 is 27.1 Å². The van der Waals surface area contributed by atoms with Crippen molar-refractivity contribution < 1.29 is 41.0 Å². The standard InChI is InChI=1S/C18H18F4N2O5S/c1-17(27,18(20,21)22)16(26)24-15-7-6-13(10-14(15)19)30(28,29)12-4-2-11(3-5-12)23-8-9-25/h2-7,10,23,25,27H,8-9H2,1H3,(H,24,26)/t17-/m1/s1. The first-order chi connectivity index (χ1) is 13.8. The van der Waals surface area contributed by atoms with Crippen LogP contribution in [0.2, 0.25) is 0 Å². The van der Waals surface area contributed by atoms with Gasteiger partial charge < -0.3 is 20.8 Å². The van der Waals surface area contributed by atoms with Crippen LogP contribution in [0.15, 0.2) is 52.3 Å². The molecule has 2 aromatic rings. The maximum absolute atomic E-state index is 14.3. The smallest absolute Gasteiger partial charge is 0.395 e. The summed E-state index contributed by atoms with van der Waals surface area (Å²) in [4.78, 5) is 11.0. The number of nitrogens with one attached hydrogen (secondary N) is 2. The number of carbonyl (C=O) groups excluding carboxylic acids is 1. The molecule has 0 aromatic heterocycles. The van der Waals surface area contributed by atoms with E-state index >= 15 is 0 Å². The van der Waals surface area contributed by atoms with Gasteiger partial charge >= 0.3 is 6.18 Å². The number of hydrogen-bond acceptors (Lipinski definition) is 6. The molecule has 12 heteroatoms. The fourth-order valence-corrected chi connectivity index (χ4v) is 3.50. The summed E-state index contributed by atoms with van der Waals surface area (Å²) in [6.45, 7) is 0.338. The number of aliphatic hydroxyl groups excluding tert-OH is 1. The van der Waals surface area contributed by atoms with E-state index in [2.05, 4.69) is 5.32 Å². The normalized spacial score (nSPS) is 14.1. The fourth-order valence-electron chi connectivity index (χ4n) is 2.23. The van der Waals surface area contributed by atoms with Crippen LogP contribution < -0.4 is 10.6 Å². The van der Waals surface area contributed by atoms with Gasteiger partial charge in [-0.15, -0.1) is 0 Å². The lowest BCUT2D eigenvalue weighted by atomic mass is 10.1. The highest BCUT2D eigenvalue weighted by Gasteiger charge is 2.55. The van der Waals surface area contributed by atoms with E-state index in [1.807, 2.05) is 0 Å². The lowest BCUT2D eigenvalue weighted by Gasteiger charge is -2.25. The molecule has 0 bridgehead atoms. The van der Waals surface area contributed by atoms with Crippen LogP contribution in [0, 0.1) is 5.82 Å². The molecule has 30 heavy (non-hydrogen) atoms. The van der Waals surface area contributed by atoms with Crippen LogP contribution in [-0.2, 0) is 14.6 Å². The second-order valence-electron chi connectivity index (χ2n) is 6.34. The van der Waals surface area contributed by atoms with Gasteiger partial charge in [0.15, 0.2) is 0 Å². The van der Waals surface area contributed by atoms with Crippen molar-refractivity contribution in [2.75, 3.05) is 23.8 Å². The summed E-state index contributed by atoms with van der Waals surface area (Å²) >= 11 is 0. The summed E-state index contributed by atoms with van der Waals surface area (Å²) < 4.78 is 77.6. The Morgan fingerprint density at radius 2 is 1.63 bits per heavy atom. The monoisotopic (exact) mass is 450 g/mol. The Morgan fingerprint density at radius 1 is 1.07 bits per heavy atom. The van der Waals surface area contributed by atoms with E-state index < -0.39 is 43.9 Å². The maximum atomic E-state index is 14.3. The number of benzene rings is 2. The Labute approximate surface area is 169 Å². The first kappa shape index (κ1) is 23.6. The third-order valence-corrected chi connectivity index (χ3v) is 5.87. The van der Waals surface area contributed by atoms with Crippen LogP contribution in [-0.4, -0.2) is 49.5 Å². The van der Waals surface area contributed by atoms with E-state index in [1.54, 1.807) is 5.32 Å². The molecule has 2 rings (SSSR count). The first-order valence-corrected chi connectivity index (χ1v) is 9.89. The van der Waals surface area contributed by atoms with Crippen LogP contribution in [0.3, 0.4) is 0 Å². The van der Waals surface area contributed by atoms with Gasteiger partial charge in [0.05, 0.1) is 22.1 Å². The number of halogens is 4. The lowest BCUT2D eigenvalue weighted by Crippen LogP contribution is -2.52. The largest absolute Gasteiger partial charge is 0.426 e. The summed E-state index contributed by atoms with van der Waals surface area (Å²) in [5.41, 5.74) is -3.95. The number of rotatable bonds is 7. The number of anilines is 2. The van der Waals surface area contributed by atoms with Crippen molar-refractivity contribution in [1.82, 2.24) is 0 Å². The highest BCUT2D eigenvalue weighted by atomic mass is 32.2. The first-order valence-electron chi connectivity index (χ1n) is 8.40. The maximum Gasteiger partial charge on any atom is 0.426 e. The Hall–Kier alpha value is -2.70. The Morgan fingerprint density at radius 3 is 2.13 bits per heavy atom. The lowest BCUT2D eigenvalue weighted by molar-refractivity contribution is -0.242. The van der Waals surface area contributed by atoms with Gasteiger partial charge in [-0.05, 0) is 49.4 Å². The minimum atomic E-state index is -5.30. The molecule has 0 aliphatic heterocycles. The predicted octanol–water partition coefficient (Wildman–Crippen LogP) is 2.31. The summed E-state index contributed by atoms with van der Waals surface area (Å²) in [6, 6.07) is 7.62. The minimum absolute atomic E-state index is 0.124. The average molecular weight is 450 g/mol. The summed E-state index contributed by atoms with van der Waals surface area (Å²) in [6.07, 6.45) is -5.30. The van der Waals surface area contributed by atoms with Crippen molar-refractivity contribution in [3.63, 3.8) is 0 Å². The van der Waals surface area contributed by atoms with E-state index in [1.165, 1.54) is 24.3 Å². The molecule has 0 aliphatic carbocycles. The molecule has 1 amide bonds. The zero-order valence-electron chi connectivity index (χ0n) is 15.5. The molecule has 7 nitrogen and oxygen atoms in total. The molecule has 0 spiro atoms. The SMILES string of the molecule is C[C@@](O)(C(=O)Nc1ccc(S(=O)(=O)c2ccc(NCCO)cc2)cc1F)C(F)(F)F. The van der Waals surface area contributed by atoms with Gasteiger partial charge in [-0.1, -0.05) is 0 Å². The van der Waals surface area contributed by atoms with Gasteiger partial charge in [-0.3, -0.25) is 4.79 Å². The van der Waals surface area contributed by atoms with Crippen molar-refractivity contribution in [3.05, 3.63) is 48.3 Å². The summed E-state index contributed by atoms with van der Waals surface area (Å²) in [5, 5.41) is 22.5. The van der Waals surface area contributed by atoms with Crippen LogP contribution >= 0.6 is 0 Å². The molecule has 0 saturated heterocycles. The molecule has 0 heterocycles. The number of amides is 1. The van der Waals surface area contributed by atoms with Gasteiger partial charge in [0.2, 0.25) is 15.4 Å². The molecule has 2 aromatic carbocycles. The highest BCUT2D eigenvalue weighted by Crippen LogP contribution is 2.32. The second-order valence-corrected chi connectivity index (χ2v) is 8.29. The molecule has 0 saturated carbocycles. The molecule has 1 atom stereocenters. The van der Waals surface area contributed by atoms with E-state index in [0.717, 1.165) is 12.1 Å². The van der Waals surface area contributed by atoms with Gasteiger partial charge in [0.1, 0.15) is 5.82 Å². The minimum Gasteiger partial charge on any atom is -0.395 e. The number of sulfone groups is 1. The van der Waals surface area contributed by atoms with Crippen LogP contribution in [0.1, 0.15) is 6.92 Å². The van der Waals surface area contributed by atoms with Gasteiger partial charge in [0.25, 0.3) is 5.91 Å². The summed E-state index contributed by atoms with van der Waals surface area (Å²) in [5.74, 6) is -3.22. The van der Waals surface area contributed by atoms with Crippen molar-refractivity contribution in [1.29, 1.82) is 0 Å². The Bertz CT molecular complexity index is 1020. The highest BCUT2D eigenvalue weighted by molar-refractivity contribution is 7.91. The number of carbonyl (C=O) groups is 1. The number of alkyl halides is 3. The van der Waals surface area contributed by atoms with E-state index in [0.29, 0.717) is 11.8 Å². The van der Waals surface area contributed by atoms with E-state index in [-0.39, 0.29) is 25.0 Å². The molecule has 0 fully saturated rings. The molecular formula is C18H18F4N2O5S. The summed E-state index contributed by atoms with van der Waals surface area (Å²) in [7, 11) is -4.15. The predicted molar refractivity (Wildman–Crippen MR) is 99.2 cm³/mol. The zero-order chi connectivity index (χ0) is 22.7. The quantitative estimate of drug-likeness (QED) is 0.482. The van der Waals surface area contributed by atoms with Crippen LogP contribution in [0.5, 0.6) is 0 Å². The Kier molecular flexibility index (Phi) is 6.74. The van der Waals surface area contributed by atoms with Gasteiger partial charge in [-0.25, -0.2) is 12.8 Å². The molecule has 0 aliphatic rings. The van der Waals surface area contributed by atoms with E-state index in [4.69, 9.17) is 5.11 Å². The van der Waals surface area contributed by atoms with Gasteiger partial charge in [-0.2, -0.15) is 13.2 Å². The van der Waals surface area contributed by atoms with Gasteiger partial charge in [0, 0.05) is 12.2 Å². The third kappa shape index (κ3) is 4.89. The fraction of sp³-hybridized carbons (Fsp3) is 0.278. The molecule has 0 radical (unpaired) electrons. The molecular weight excluding hydrogens is 432 g/mol. The Balaban J connectivity index is 2.26. The molecule has 0 unspecified atom stereocenters. The topological polar surface area (TPSA) is 116 Å². The third-order valence-electron chi connectivity index (χ3n) is 4.10. The van der Waals surface area contributed by atoms with Crippen molar-refractivity contribution in [3.8, 4) is 0 Å². The average Bonchev–Trinajstić information content (AvgIpc) is 2.67. The van der Waals surface area contributed by atoms with Crippen molar-refractivity contribution in [2.45, 2.75) is 28.5 Å². The van der Waals surface area contributed by atoms with Crippen molar-refractivity contribution in [2.24, 2.45) is 0 Å². The number of hydrogen-bond donors (Lipinski definition) is 4. The number of aliphatic hydroxyl groups is 2. The van der Waals surface area contributed by atoms with E-state index in [9.17, 15) is 35.9 Å². The molecule has 164 valence electrons. The molecule has 4 N–H and O–H groups in total. The second kappa shape index (κ2) is 8.58. The zero-order valence-corrected chi connectivity index (χ0v) is 16.3. The van der Waals surface area contributed by atoms with Crippen LogP contribution in [0.25, 0.3) is 0 Å².